The molecule has 168 valence electrons. The zero-order valence-corrected chi connectivity index (χ0v) is 19.8. The Kier molecular flexibility index (Phi) is 8.50. The summed E-state index contributed by atoms with van der Waals surface area (Å²) in [7, 11) is -3.11. The van der Waals surface area contributed by atoms with Crippen molar-refractivity contribution in [1.29, 1.82) is 0 Å². The maximum absolute atomic E-state index is 12.8. The van der Waals surface area contributed by atoms with Crippen LogP contribution in [0.2, 0.25) is 0 Å². The number of amides is 1. The van der Waals surface area contributed by atoms with Crippen LogP contribution in [0.25, 0.3) is 0 Å². The fourth-order valence-corrected chi connectivity index (χ4v) is 6.71. The van der Waals surface area contributed by atoms with Gasteiger partial charge in [-0.15, -0.1) is 23.1 Å². The number of thioether (sulfide) groups is 1. The molecule has 1 amide bonds. The van der Waals surface area contributed by atoms with Gasteiger partial charge in [0.2, 0.25) is 0 Å². The fraction of sp³-hybridized carbons (Fsp3) is 0.476. The van der Waals surface area contributed by atoms with Crippen molar-refractivity contribution < 1.29 is 22.7 Å². The van der Waals surface area contributed by atoms with Gasteiger partial charge in [0, 0.05) is 28.6 Å². The Balaban J connectivity index is 1.61. The van der Waals surface area contributed by atoms with Crippen molar-refractivity contribution in [3.8, 4) is 0 Å². The molecule has 0 spiro atoms. The minimum atomic E-state index is -3.11. The average Bonchev–Trinajstić information content (AvgIpc) is 3.40. The van der Waals surface area contributed by atoms with Gasteiger partial charge >= 0.3 is 5.97 Å². The smallest absolute Gasteiger partial charge is 0.339 e. The Morgan fingerprint density at radius 1 is 1.32 bits per heavy atom. The second-order valence-electron chi connectivity index (χ2n) is 7.34. The van der Waals surface area contributed by atoms with E-state index in [0.29, 0.717) is 24.3 Å². The minimum absolute atomic E-state index is 0.0213. The van der Waals surface area contributed by atoms with Crippen molar-refractivity contribution in [1.82, 2.24) is 9.88 Å². The Bertz CT molecular complexity index is 992. The van der Waals surface area contributed by atoms with Crippen molar-refractivity contribution in [2.45, 2.75) is 42.9 Å². The molecule has 2 heterocycles. The highest BCUT2D eigenvalue weighted by Gasteiger charge is 2.34. The summed E-state index contributed by atoms with van der Waals surface area (Å²) in [5.74, 6) is -0.211. The van der Waals surface area contributed by atoms with E-state index in [1.165, 1.54) is 23.1 Å². The lowest BCUT2D eigenvalue weighted by molar-refractivity contribution is -0.136. The molecule has 0 radical (unpaired) electrons. The van der Waals surface area contributed by atoms with Crippen LogP contribution in [0, 0.1) is 0 Å². The number of carbonyl (C=O) groups excluding carboxylic acids is 2. The first-order valence-electron chi connectivity index (χ1n) is 10.2. The van der Waals surface area contributed by atoms with E-state index in [-0.39, 0.29) is 23.5 Å². The van der Waals surface area contributed by atoms with Crippen molar-refractivity contribution in [3.05, 3.63) is 46.4 Å². The molecule has 31 heavy (non-hydrogen) atoms. The summed E-state index contributed by atoms with van der Waals surface area (Å²) in [5, 5.41) is 1.96. The number of unbranched alkanes of at least 4 members (excludes halogenated alkanes) is 1. The number of hydrogen-bond donors (Lipinski definition) is 0. The molecule has 1 atom stereocenters. The molecule has 1 fully saturated rings. The lowest BCUT2D eigenvalue weighted by Crippen LogP contribution is -2.43. The molecule has 1 aliphatic heterocycles. The molecule has 3 rings (SSSR count). The number of aromatic nitrogens is 1. The molecule has 1 aliphatic rings. The van der Waals surface area contributed by atoms with Crippen molar-refractivity contribution in [2.75, 3.05) is 24.7 Å². The first kappa shape index (κ1) is 23.7. The predicted octanol–water partition coefficient (Wildman–Crippen LogP) is 3.41. The molecule has 0 N–H and O–H groups in total. The zero-order chi connectivity index (χ0) is 22.3. The normalized spacial score (nSPS) is 17.4. The molecule has 7 nitrogen and oxygen atoms in total. The van der Waals surface area contributed by atoms with E-state index in [1.807, 2.05) is 24.4 Å². The highest BCUT2D eigenvalue weighted by molar-refractivity contribution is 7.98. The molecule has 10 heteroatoms. The first-order chi connectivity index (χ1) is 14.9. The van der Waals surface area contributed by atoms with Crippen molar-refractivity contribution >= 4 is 44.8 Å². The molecule has 1 saturated heterocycles. The lowest BCUT2D eigenvalue weighted by Gasteiger charge is -2.28. The van der Waals surface area contributed by atoms with E-state index in [4.69, 9.17) is 4.74 Å². The zero-order valence-electron chi connectivity index (χ0n) is 17.4. The summed E-state index contributed by atoms with van der Waals surface area (Å²) in [4.78, 5) is 32.0. The highest BCUT2D eigenvalue weighted by Crippen LogP contribution is 2.27. The molecular formula is C21H26N2O5S3. The number of benzene rings is 1. The summed E-state index contributed by atoms with van der Waals surface area (Å²) in [6.45, 7) is 2.08. The maximum Gasteiger partial charge on any atom is 0.339 e. The average molecular weight is 483 g/mol. The van der Waals surface area contributed by atoms with E-state index in [2.05, 4.69) is 4.98 Å². The van der Waals surface area contributed by atoms with Gasteiger partial charge in [-0.3, -0.25) is 4.79 Å². The van der Waals surface area contributed by atoms with Gasteiger partial charge in [-0.05, 0) is 25.0 Å². The van der Waals surface area contributed by atoms with Gasteiger partial charge < -0.3 is 9.64 Å². The quantitative estimate of drug-likeness (QED) is 0.378. The SMILES string of the molecule is CCCCN(C(=O)COC(=O)c1ccccc1SCc1cscn1)[C@@H]1CCS(=O)(=O)C1. The van der Waals surface area contributed by atoms with Crippen LogP contribution in [0.4, 0.5) is 0 Å². The van der Waals surface area contributed by atoms with E-state index in [0.717, 1.165) is 23.4 Å². The Labute approximate surface area is 191 Å². The van der Waals surface area contributed by atoms with Crippen molar-refractivity contribution in [3.63, 3.8) is 0 Å². The Morgan fingerprint density at radius 2 is 2.13 bits per heavy atom. The van der Waals surface area contributed by atoms with Gasteiger partial charge in [0.25, 0.3) is 5.91 Å². The van der Waals surface area contributed by atoms with Gasteiger partial charge in [0.1, 0.15) is 0 Å². The van der Waals surface area contributed by atoms with Crippen LogP contribution in [0.5, 0.6) is 0 Å². The van der Waals surface area contributed by atoms with E-state index in [1.54, 1.807) is 22.5 Å². The number of nitrogens with zero attached hydrogens (tertiary/aromatic N) is 2. The van der Waals surface area contributed by atoms with Gasteiger partial charge in [-0.1, -0.05) is 25.5 Å². The van der Waals surface area contributed by atoms with Crippen LogP contribution in [0.3, 0.4) is 0 Å². The van der Waals surface area contributed by atoms with Crippen LogP contribution < -0.4 is 0 Å². The summed E-state index contributed by atoms with van der Waals surface area (Å²) >= 11 is 3.01. The molecule has 0 unspecified atom stereocenters. The summed E-state index contributed by atoms with van der Waals surface area (Å²) in [6.07, 6.45) is 2.08. The van der Waals surface area contributed by atoms with Gasteiger partial charge in [0.15, 0.2) is 16.4 Å². The molecule has 1 aromatic heterocycles. The van der Waals surface area contributed by atoms with Gasteiger partial charge in [0.05, 0.1) is 28.3 Å². The number of rotatable bonds is 10. The van der Waals surface area contributed by atoms with E-state index >= 15 is 0 Å². The standard InChI is InChI=1S/C21H26N2O5S3/c1-2-3-9-23(17-8-10-31(26,27)14-17)20(24)11-28-21(25)18-6-4-5-7-19(18)30-13-16-12-29-15-22-16/h4-7,12,15,17H,2-3,8-11,13-14H2,1H3/t17-/m1/s1. The number of thiazole rings is 1. The van der Waals surface area contributed by atoms with E-state index in [9.17, 15) is 18.0 Å². The number of esters is 1. The molecule has 0 bridgehead atoms. The molecule has 0 aliphatic carbocycles. The van der Waals surface area contributed by atoms with Crippen LogP contribution in [-0.4, -0.2) is 60.9 Å². The first-order valence-corrected chi connectivity index (χ1v) is 13.9. The lowest BCUT2D eigenvalue weighted by atomic mass is 10.2. The third-order valence-corrected chi connectivity index (χ3v) is 8.51. The number of ether oxygens (including phenoxy) is 1. The van der Waals surface area contributed by atoms with Crippen LogP contribution in [-0.2, 0) is 25.1 Å². The van der Waals surface area contributed by atoms with Crippen LogP contribution in [0.1, 0.15) is 42.2 Å². The Hall–Kier alpha value is -1.91. The molecular weight excluding hydrogens is 456 g/mol. The van der Waals surface area contributed by atoms with Crippen LogP contribution in [0.15, 0.2) is 40.1 Å². The second-order valence-corrected chi connectivity index (χ2v) is 11.3. The summed E-state index contributed by atoms with van der Waals surface area (Å²) in [5.41, 5.74) is 3.10. The summed E-state index contributed by atoms with van der Waals surface area (Å²) < 4.78 is 29.0. The molecule has 1 aromatic carbocycles. The fourth-order valence-electron chi connectivity index (χ4n) is 3.37. The van der Waals surface area contributed by atoms with Crippen molar-refractivity contribution in [2.24, 2.45) is 0 Å². The third kappa shape index (κ3) is 6.78. The predicted molar refractivity (Wildman–Crippen MR) is 122 cm³/mol. The number of carbonyl (C=O) groups is 2. The number of sulfone groups is 1. The Morgan fingerprint density at radius 3 is 2.81 bits per heavy atom. The largest absolute Gasteiger partial charge is 0.452 e. The molecule has 0 saturated carbocycles. The monoisotopic (exact) mass is 482 g/mol. The van der Waals surface area contributed by atoms with E-state index < -0.39 is 22.4 Å². The number of hydrogen-bond acceptors (Lipinski definition) is 8. The minimum Gasteiger partial charge on any atom is -0.452 e. The topological polar surface area (TPSA) is 93.6 Å². The molecule has 2 aromatic rings. The highest BCUT2D eigenvalue weighted by atomic mass is 32.2. The maximum atomic E-state index is 12.8. The van der Waals surface area contributed by atoms with Gasteiger partial charge in [-0.2, -0.15) is 0 Å². The van der Waals surface area contributed by atoms with Crippen LogP contribution >= 0.6 is 23.1 Å². The second kappa shape index (κ2) is 11.1. The van der Waals surface area contributed by atoms with Gasteiger partial charge in [-0.25, -0.2) is 18.2 Å². The third-order valence-electron chi connectivity index (χ3n) is 5.01. The summed E-state index contributed by atoms with van der Waals surface area (Å²) in [6, 6.07) is 6.77.